The molecule has 1 amide bonds. The molecule has 3 heteroatoms. The van der Waals surface area contributed by atoms with Crippen LogP contribution in [-0.4, -0.2) is 24.5 Å². The smallest absolute Gasteiger partial charge is 0.241 e. The van der Waals surface area contributed by atoms with Crippen molar-refractivity contribution in [2.45, 2.75) is 31.7 Å². The lowest BCUT2D eigenvalue weighted by Gasteiger charge is -2.26. The molecular formula is C10H16N2O. The molecule has 0 saturated carbocycles. The third-order valence-corrected chi connectivity index (χ3v) is 2.63. The Bertz CT molecular complexity index is 224. The lowest BCUT2D eigenvalue weighted by atomic mass is 9.93. The van der Waals surface area contributed by atoms with Crippen LogP contribution in [0.25, 0.3) is 0 Å². The Labute approximate surface area is 79.3 Å². The van der Waals surface area contributed by atoms with Crippen LogP contribution < -0.4 is 10.6 Å². The summed E-state index contributed by atoms with van der Waals surface area (Å²) >= 11 is 0. The number of hydrogen-bond donors (Lipinski definition) is 2. The molecule has 0 aromatic carbocycles. The molecule has 1 aliphatic rings. The van der Waals surface area contributed by atoms with Gasteiger partial charge in [-0.3, -0.25) is 4.79 Å². The van der Waals surface area contributed by atoms with Crippen molar-refractivity contribution in [3.8, 4) is 12.3 Å². The van der Waals surface area contributed by atoms with Gasteiger partial charge in [-0.05, 0) is 25.8 Å². The number of amides is 1. The fraction of sp³-hybridized carbons (Fsp3) is 0.700. The van der Waals surface area contributed by atoms with E-state index in [0.29, 0.717) is 6.54 Å². The fourth-order valence-corrected chi connectivity index (χ4v) is 1.76. The third-order valence-electron chi connectivity index (χ3n) is 2.63. The first-order chi connectivity index (χ1) is 6.25. The molecule has 1 fully saturated rings. The lowest BCUT2D eigenvalue weighted by molar-refractivity contribution is -0.127. The summed E-state index contributed by atoms with van der Waals surface area (Å²) in [5.41, 5.74) is -0.350. The zero-order valence-electron chi connectivity index (χ0n) is 8.02. The van der Waals surface area contributed by atoms with Crippen LogP contribution in [0.2, 0.25) is 0 Å². The van der Waals surface area contributed by atoms with E-state index in [1.165, 1.54) is 0 Å². The molecular weight excluding hydrogens is 164 g/mol. The van der Waals surface area contributed by atoms with Gasteiger partial charge in [-0.15, -0.1) is 6.42 Å². The van der Waals surface area contributed by atoms with Gasteiger partial charge in [0, 0.05) is 0 Å². The summed E-state index contributed by atoms with van der Waals surface area (Å²) in [6, 6.07) is 0. The van der Waals surface area contributed by atoms with Crippen molar-refractivity contribution in [3.63, 3.8) is 0 Å². The Morgan fingerprint density at radius 1 is 1.77 bits per heavy atom. The van der Waals surface area contributed by atoms with Crippen LogP contribution in [0.15, 0.2) is 0 Å². The molecule has 2 N–H and O–H groups in total. The Kier molecular flexibility index (Phi) is 3.32. The molecule has 0 spiro atoms. The van der Waals surface area contributed by atoms with E-state index in [1.54, 1.807) is 0 Å². The van der Waals surface area contributed by atoms with E-state index in [9.17, 15) is 4.79 Å². The average molecular weight is 180 g/mol. The normalized spacial score (nSPS) is 26.8. The summed E-state index contributed by atoms with van der Waals surface area (Å²) < 4.78 is 0. The highest BCUT2D eigenvalue weighted by molar-refractivity contribution is 5.86. The molecule has 1 saturated heterocycles. The molecule has 1 aliphatic heterocycles. The average Bonchev–Trinajstić information content (AvgIpc) is 2.63. The van der Waals surface area contributed by atoms with Gasteiger partial charge in [-0.1, -0.05) is 12.8 Å². The molecule has 1 atom stereocenters. The van der Waals surface area contributed by atoms with E-state index < -0.39 is 0 Å². The van der Waals surface area contributed by atoms with Gasteiger partial charge >= 0.3 is 0 Å². The van der Waals surface area contributed by atoms with Crippen molar-refractivity contribution in [2.24, 2.45) is 0 Å². The van der Waals surface area contributed by atoms with Crippen molar-refractivity contribution in [2.75, 3.05) is 13.1 Å². The second-order valence-corrected chi connectivity index (χ2v) is 3.35. The minimum absolute atomic E-state index is 0.0467. The Morgan fingerprint density at radius 3 is 3.00 bits per heavy atom. The molecule has 0 radical (unpaired) electrons. The molecule has 0 aromatic rings. The zero-order chi connectivity index (χ0) is 9.73. The molecule has 0 bridgehead atoms. The largest absolute Gasteiger partial charge is 0.344 e. The van der Waals surface area contributed by atoms with Crippen LogP contribution in [0.4, 0.5) is 0 Å². The first kappa shape index (κ1) is 10.1. The van der Waals surface area contributed by atoms with Gasteiger partial charge in [0.2, 0.25) is 5.91 Å². The van der Waals surface area contributed by atoms with Gasteiger partial charge in [0.1, 0.15) is 0 Å². The highest BCUT2D eigenvalue weighted by atomic mass is 16.2. The monoisotopic (exact) mass is 180 g/mol. The summed E-state index contributed by atoms with van der Waals surface area (Å²) in [4.78, 5) is 11.7. The number of terminal acetylenes is 1. The second-order valence-electron chi connectivity index (χ2n) is 3.35. The van der Waals surface area contributed by atoms with Crippen molar-refractivity contribution >= 4 is 5.91 Å². The maximum absolute atomic E-state index is 11.7. The van der Waals surface area contributed by atoms with E-state index in [0.717, 1.165) is 25.8 Å². The molecule has 1 unspecified atom stereocenters. The molecule has 13 heavy (non-hydrogen) atoms. The van der Waals surface area contributed by atoms with Gasteiger partial charge in [0.15, 0.2) is 0 Å². The maximum Gasteiger partial charge on any atom is 0.241 e. The van der Waals surface area contributed by atoms with Crippen LogP contribution in [0.1, 0.15) is 26.2 Å². The molecule has 72 valence electrons. The minimum atomic E-state index is -0.350. The first-order valence-electron chi connectivity index (χ1n) is 4.72. The number of carbonyl (C=O) groups is 1. The van der Waals surface area contributed by atoms with E-state index in [4.69, 9.17) is 6.42 Å². The molecule has 1 rings (SSSR count). The quantitative estimate of drug-likeness (QED) is 0.612. The summed E-state index contributed by atoms with van der Waals surface area (Å²) in [7, 11) is 0. The van der Waals surface area contributed by atoms with Crippen LogP contribution in [-0.2, 0) is 4.79 Å². The van der Waals surface area contributed by atoms with E-state index in [1.807, 2.05) is 6.92 Å². The zero-order valence-corrected chi connectivity index (χ0v) is 8.02. The van der Waals surface area contributed by atoms with Crippen LogP contribution in [0, 0.1) is 12.3 Å². The van der Waals surface area contributed by atoms with E-state index >= 15 is 0 Å². The van der Waals surface area contributed by atoms with Gasteiger partial charge in [0.25, 0.3) is 0 Å². The second kappa shape index (κ2) is 4.29. The standard InChI is InChI=1S/C10H16N2O/c1-3-7-11-9(13)10(4-2)6-5-8-12-10/h1,12H,4-8H2,2H3,(H,11,13). The Hall–Kier alpha value is -1.01. The Morgan fingerprint density at radius 2 is 2.54 bits per heavy atom. The van der Waals surface area contributed by atoms with Crippen LogP contribution in [0.5, 0.6) is 0 Å². The fourth-order valence-electron chi connectivity index (χ4n) is 1.76. The van der Waals surface area contributed by atoms with Crippen LogP contribution >= 0.6 is 0 Å². The highest BCUT2D eigenvalue weighted by Crippen LogP contribution is 2.22. The first-order valence-corrected chi connectivity index (χ1v) is 4.72. The Balaban J connectivity index is 2.55. The maximum atomic E-state index is 11.7. The number of nitrogens with one attached hydrogen (secondary N) is 2. The lowest BCUT2D eigenvalue weighted by Crippen LogP contribution is -2.53. The van der Waals surface area contributed by atoms with Gasteiger partial charge in [-0.2, -0.15) is 0 Å². The number of carbonyl (C=O) groups excluding carboxylic acids is 1. The third kappa shape index (κ3) is 2.02. The van der Waals surface area contributed by atoms with Gasteiger partial charge in [-0.25, -0.2) is 0 Å². The van der Waals surface area contributed by atoms with E-state index in [2.05, 4.69) is 16.6 Å². The topological polar surface area (TPSA) is 41.1 Å². The van der Waals surface area contributed by atoms with Crippen LogP contribution in [0.3, 0.4) is 0 Å². The van der Waals surface area contributed by atoms with Crippen molar-refractivity contribution < 1.29 is 4.79 Å². The summed E-state index contributed by atoms with van der Waals surface area (Å²) in [5, 5.41) is 5.98. The predicted octanol–water partition coefficient (Wildman–Crippen LogP) is 0.268. The number of hydrogen-bond acceptors (Lipinski definition) is 2. The van der Waals surface area contributed by atoms with E-state index in [-0.39, 0.29) is 11.4 Å². The summed E-state index contributed by atoms with van der Waals surface area (Å²) in [6.45, 7) is 3.27. The SMILES string of the molecule is C#CCNC(=O)C1(CC)CCCN1. The van der Waals surface area contributed by atoms with Crippen molar-refractivity contribution in [3.05, 3.63) is 0 Å². The molecule has 3 nitrogen and oxygen atoms in total. The predicted molar refractivity (Wildman–Crippen MR) is 52.1 cm³/mol. The van der Waals surface area contributed by atoms with Crippen molar-refractivity contribution in [1.82, 2.24) is 10.6 Å². The highest BCUT2D eigenvalue weighted by Gasteiger charge is 2.38. The minimum Gasteiger partial charge on any atom is -0.344 e. The van der Waals surface area contributed by atoms with Crippen molar-refractivity contribution in [1.29, 1.82) is 0 Å². The number of rotatable bonds is 3. The van der Waals surface area contributed by atoms with Gasteiger partial charge in [0.05, 0.1) is 12.1 Å². The molecule has 0 aromatic heterocycles. The summed E-state index contributed by atoms with van der Waals surface area (Å²) in [6.07, 6.45) is 7.88. The summed E-state index contributed by atoms with van der Waals surface area (Å²) in [5.74, 6) is 2.45. The van der Waals surface area contributed by atoms with Gasteiger partial charge < -0.3 is 10.6 Å². The molecule has 1 heterocycles. The molecule has 0 aliphatic carbocycles.